The SMILES string of the molecule is COc1cc(NC(=O)C(C)Sc2nnc(C3CC3)n2Cc2ccccc2)cc(OC)c1. The van der Waals surface area contributed by atoms with Gasteiger partial charge in [0.1, 0.15) is 17.3 Å². The topological polar surface area (TPSA) is 78.3 Å². The first-order chi connectivity index (χ1) is 15.1. The summed E-state index contributed by atoms with van der Waals surface area (Å²) in [5.41, 5.74) is 1.81. The van der Waals surface area contributed by atoms with Gasteiger partial charge < -0.3 is 19.4 Å². The van der Waals surface area contributed by atoms with Crippen molar-refractivity contribution in [3.05, 3.63) is 59.9 Å². The molecule has 1 amide bonds. The van der Waals surface area contributed by atoms with E-state index in [-0.39, 0.29) is 11.2 Å². The lowest BCUT2D eigenvalue weighted by Gasteiger charge is -2.15. The number of nitrogens with one attached hydrogen (secondary N) is 1. The van der Waals surface area contributed by atoms with E-state index in [4.69, 9.17) is 9.47 Å². The van der Waals surface area contributed by atoms with Gasteiger partial charge >= 0.3 is 0 Å². The van der Waals surface area contributed by atoms with E-state index in [0.29, 0.717) is 29.6 Å². The first kappa shape index (κ1) is 21.2. The van der Waals surface area contributed by atoms with E-state index >= 15 is 0 Å². The molecule has 0 aliphatic heterocycles. The molecule has 7 nitrogen and oxygen atoms in total. The van der Waals surface area contributed by atoms with Gasteiger partial charge in [-0.2, -0.15) is 0 Å². The highest BCUT2D eigenvalue weighted by molar-refractivity contribution is 8.00. The number of thioether (sulfide) groups is 1. The van der Waals surface area contributed by atoms with E-state index in [2.05, 4.69) is 32.2 Å². The minimum absolute atomic E-state index is 0.123. The molecular weight excluding hydrogens is 412 g/mol. The average Bonchev–Trinajstić information content (AvgIpc) is 3.56. The van der Waals surface area contributed by atoms with E-state index in [0.717, 1.165) is 23.8 Å². The van der Waals surface area contributed by atoms with Gasteiger partial charge in [-0.15, -0.1) is 10.2 Å². The zero-order valence-electron chi connectivity index (χ0n) is 17.9. The van der Waals surface area contributed by atoms with Crippen molar-refractivity contribution in [2.24, 2.45) is 0 Å². The molecule has 0 spiro atoms. The van der Waals surface area contributed by atoms with Crippen molar-refractivity contribution in [2.45, 2.75) is 42.6 Å². The van der Waals surface area contributed by atoms with Crippen LogP contribution in [0.5, 0.6) is 11.5 Å². The predicted octanol–water partition coefficient (Wildman–Crippen LogP) is 4.34. The minimum atomic E-state index is -0.358. The molecule has 4 rings (SSSR count). The second kappa shape index (κ2) is 9.43. The Morgan fingerprint density at radius 3 is 2.42 bits per heavy atom. The monoisotopic (exact) mass is 438 g/mol. The number of amides is 1. The number of ether oxygens (including phenoxy) is 2. The molecule has 1 aliphatic carbocycles. The molecule has 0 bridgehead atoms. The zero-order chi connectivity index (χ0) is 21.8. The largest absolute Gasteiger partial charge is 0.497 e. The number of rotatable bonds is 9. The number of carbonyl (C=O) groups excluding carboxylic acids is 1. The summed E-state index contributed by atoms with van der Waals surface area (Å²) in [5, 5.41) is 12.2. The van der Waals surface area contributed by atoms with Crippen LogP contribution >= 0.6 is 11.8 Å². The summed E-state index contributed by atoms with van der Waals surface area (Å²) in [6.07, 6.45) is 2.29. The Morgan fingerprint density at radius 2 is 1.81 bits per heavy atom. The third-order valence-corrected chi connectivity index (χ3v) is 6.22. The number of methoxy groups -OCH3 is 2. The molecule has 162 valence electrons. The van der Waals surface area contributed by atoms with Crippen LogP contribution in [0.3, 0.4) is 0 Å². The highest BCUT2D eigenvalue weighted by Crippen LogP contribution is 2.40. The van der Waals surface area contributed by atoms with Gasteiger partial charge in [0.05, 0.1) is 26.0 Å². The number of carbonyl (C=O) groups is 1. The summed E-state index contributed by atoms with van der Waals surface area (Å²) in [7, 11) is 3.16. The van der Waals surface area contributed by atoms with E-state index < -0.39 is 0 Å². The maximum atomic E-state index is 12.9. The van der Waals surface area contributed by atoms with Gasteiger partial charge in [0.25, 0.3) is 0 Å². The Hall–Kier alpha value is -3.00. The van der Waals surface area contributed by atoms with Crippen molar-refractivity contribution in [1.29, 1.82) is 0 Å². The van der Waals surface area contributed by atoms with Gasteiger partial charge in [-0.3, -0.25) is 4.79 Å². The lowest BCUT2D eigenvalue weighted by molar-refractivity contribution is -0.115. The fourth-order valence-corrected chi connectivity index (χ4v) is 4.14. The number of hydrogen-bond donors (Lipinski definition) is 1. The van der Waals surface area contributed by atoms with E-state index in [1.54, 1.807) is 32.4 Å². The van der Waals surface area contributed by atoms with Crippen LogP contribution in [0, 0.1) is 0 Å². The first-order valence-electron chi connectivity index (χ1n) is 10.2. The summed E-state index contributed by atoms with van der Waals surface area (Å²) < 4.78 is 12.7. The van der Waals surface area contributed by atoms with Crippen molar-refractivity contribution < 1.29 is 14.3 Å². The quantitative estimate of drug-likeness (QED) is 0.501. The first-order valence-corrected chi connectivity index (χ1v) is 11.1. The average molecular weight is 439 g/mol. The fraction of sp³-hybridized carbons (Fsp3) is 0.348. The van der Waals surface area contributed by atoms with Crippen LogP contribution in [0.1, 0.15) is 37.1 Å². The Labute approximate surface area is 186 Å². The Morgan fingerprint density at radius 1 is 1.13 bits per heavy atom. The number of anilines is 1. The molecule has 0 radical (unpaired) electrons. The lowest BCUT2D eigenvalue weighted by Crippen LogP contribution is -2.23. The van der Waals surface area contributed by atoms with Crippen LogP contribution in [0.15, 0.2) is 53.7 Å². The Kier molecular flexibility index (Phi) is 6.46. The van der Waals surface area contributed by atoms with Crippen LogP contribution in [0.2, 0.25) is 0 Å². The second-order valence-electron chi connectivity index (χ2n) is 7.54. The van der Waals surface area contributed by atoms with Gasteiger partial charge in [0, 0.05) is 29.8 Å². The highest BCUT2D eigenvalue weighted by Gasteiger charge is 2.31. The third kappa shape index (κ3) is 5.19. The smallest absolute Gasteiger partial charge is 0.237 e. The van der Waals surface area contributed by atoms with E-state index in [1.165, 1.54) is 17.3 Å². The molecule has 31 heavy (non-hydrogen) atoms. The van der Waals surface area contributed by atoms with Crippen molar-refractivity contribution >= 4 is 23.4 Å². The number of hydrogen-bond acceptors (Lipinski definition) is 6. The molecule has 1 fully saturated rings. The van der Waals surface area contributed by atoms with Crippen LogP contribution in [0.4, 0.5) is 5.69 Å². The molecule has 1 saturated carbocycles. The maximum absolute atomic E-state index is 12.9. The van der Waals surface area contributed by atoms with Crippen LogP contribution in [-0.2, 0) is 11.3 Å². The second-order valence-corrected chi connectivity index (χ2v) is 8.85. The molecule has 1 heterocycles. The fourth-order valence-electron chi connectivity index (χ4n) is 3.28. The number of aromatic nitrogens is 3. The standard InChI is InChI=1S/C23H26N4O3S/c1-15(22(28)24-18-11-19(29-2)13-20(12-18)30-3)31-23-26-25-21(17-9-10-17)27(23)14-16-7-5-4-6-8-16/h4-8,11-13,15,17H,9-10,14H2,1-3H3,(H,24,28). The summed E-state index contributed by atoms with van der Waals surface area (Å²) in [6, 6.07) is 15.5. The maximum Gasteiger partial charge on any atom is 0.237 e. The van der Waals surface area contributed by atoms with Gasteiger partial charge in [0.15, 0.2) is 5.16 Å². The van der Waals surface area contributed by atoms with Crippen molar-refractivity contribution in [3.63, 3.8) is 0 Å². The van der Waals surface area contributed by atoms with Gasteiger partial charge in [0.2, 0.25) is 5.91 Å². The predicted molar refractivity (Wildman–Crippen MR) is 121 cm³/mol. The number of benzene rings is 2. The van der Waals surface area contributed by atoms with Gasteiger partial charge in [-0.1, -0.05) is 42.1 Å². The van der Waals surface area contributed by atoms with Crippen LogP contribution < -0.4 is 14.8 Å². The molecule has 0 saturated heterocycles. The summed E-state index contributed by atoms with van der Waals surface area (Å²) in [4.78, 5) is 12.9. The minimum Gasteiger partial charge on any atom is -0.497 e. The third-order valence-electron chi connectivity index (χ3n) is 5.14. The molecule has 8 heteroatoms. The summed E-state index contributed by atoms with van der Waals surface area (Å²) in [6.45, 7) is 2.57. The van der Waals surface area contributed by atoms with Crippen molar-refractivity contribution in [2.75, 3.05) is 19.5 Å². The van der Waals surface area contributed by atoms with Crippen molar-refractivity contribution in [3.8, 4) is 11.5 Å². The molecule has 1 atom stereocenters. The molecule has 1 aromatic heterocycles. The molecule has 1 N–H and O–H groups in total. The molecule has 1 unspecified atom stereocenters. The van der Waals surface area contributed by atoms with Crippen molar-refractivity contribution in [1.82, 2.24) is 14.8 Å². The number of nitrogens with zero attached hydrogens (tertiary/aromatic N) is 3. The van der Waals surface area contributed by atoms with Crippen LogP contribution in [-0.4, -0.2) is 40.1 Å². The van der Waals surface area contributed by atoms with Crippen LogP contribution in [0.25, 0.3) is 0 Å². The highest BCUT2D eigenvalue weighted by atomic mass is 32.2. The Bertz CT molecular complexity index is 1030. The zero-order valence-corrected chi connectivity index (χ0v) is 18.7. The van der Waals surface area contributed by atoms with Gasteiger partial charge in [-0.05, 0) is 25.3 Å². The van der Waals surface area contributed by atoms with E-state index in [1.807, 2.05) is 25.1 Å². The summed E-state index contributed by atoms with van der Waals surface area (Å²) >= 11 is 1.42. The van der Waals surface area contributed by atoms with E-state index in [9.17, 15) is 4.79 Å². The normalized spacial score (nSPS) is 14.2. The lowest BCUT2D eigenvalue weighted by atomic mass is 10.2. The molecule has 3 aromatic rings. The molecule has 1 aliphatic rings. The molecule has 2 aromatic carbocycles. The Balaban J connectivity index is 1.49. The van der Waals surface area contributed by atoms with Gasteiger partial charge in [-0.25, -0.2) is 0 Å². The summed E-state index contributed by atoms with van der Waals surface area (Å²) in [5.74, 6) is 2.59. The molecular formula is C23H26N4O3S.